The van der Waals surface area contributed by atoms with Gasteiger partial charge in [0.1, 0.15) is 17.2 Å². The van der Waals surface area contributed by atoms with Crippen LogP contribution in [0.3, 0.4) is 0 Å². The predicted molar refractivity (Wildman–Crippen MR) is 122 cm³/mol. The zero-order valence-electron chi connectivity index (χ0n) is 18.6. The summed E-state index contributed by atoms with van der Waals surface area (Å²) < 4.78 is 22.4. The lowest BCUT2D eigenvalue weighted by Crippen LogP contribution is -2.36. The zero-order chi connectivity index (χ0) is 22.5. The Kier molecular flexibility index (Phi) is 6.63. The number of carbonyl (C=O) groups is 1. The Balaban J connectivity index is 1.69. The maximum Gasteiger partial charge on any atom is 0.255 e. The summed E-state index contributed by atoms with van der Waals surface area (Å²) in [6.07, 6.45) is 7.17. The number of rotatable bonds is 7. The summed E-state index contributed by atoms with van der Waals surface area (Å²) in [6.45, 7) is 0. The van der Waals surface area contributed by atoms with Crippen molar-refractivity contribution < 1.29 is 23.7 Å². The van der Waals surface area contributed by atoms with Crippen LogP contribution < -0.4 is 24.3 Å². The lowest BCUT2D eigenvalue weighted by molar-refractivity contribution is 0.0925. The second kappa shape index (κ2) is 9.77. The SMILES string of the molecule is COc1ccc(Oc2ccnc3cc(OC)c(OC)cc23)c(C(=O)NC2CCCCC2)c1. The first-order chi connectivity index (χ1) is 15.6. The second-order valence-corrected chi connectivity index (χ2v) is 7.81. The molecule has 7 nitrogen and oxygen atoms in total. The van der Waals surface area contributed by atoms with Crippen LogP contribution in [0.15, 0.2) is 42.6 Å². The molecule has 7 heteroatoms. The molecule has 1 aliphatic carbocycles. The minimum atomic E-state index is -0.164. The molecule has 0 aliphatic heterocycles. The second-order valence-electron chi connectivity index (χ2n) is 7.81. The molecule has 0 bridgehead atoms. The van der Waals surface area contributed by atoms with Gasteiger partial charge in [-0.05, 0) is 43.2 Å². The monoisotopic (exact) mass is 436 g/mol. The van der Waals surface area contributed by atoms with Crippen molar-refractivity contribution in [1.82, 2.24) is 10.3 Å². The minimum absolute atomic E-state index is 0.164. The molecule has 0 spiro atoms. The number of pyridine rings is 1. The van der Waals surface area contributed by atoms with E-state index in [2.05, 4.69) is 10.3 Å². The molecule has 1 aromatic heterocycles. The van der Waals surface area contributed by atoms with Crippen LogP contribution in [-0.4, -0.2) is 38.3 Å². The smallest absolute Gasteiger partial charge is 0.255 e. The molecule has 4 rings (SSSR count). The number of carbonyl (C=O) groups excluding carboxylic acids is 1. The van der Waals surface area contributed by atoms with Gasteiger partial charge in [0.15, 0.2) is 11.5 Å². The van der Waals surface area contributed by atoms with Gasteiger partial charge in [-0.2, -0.15) is 0 Å². The summed E-state index contributed by atoms with van der Waals surface area (Å²) in [4.78, 5) is 17.6. The lowest BCUT2D eigenvalue weighted by Gasteiger charge is -2.23. The van der Waals surface area contributed by atoms with Gasteiger partial charge >= 0.3 is 0 Å². The van der Waals surface area contributed by atoms with Gasteiger partial charge in [-0.15, -0.1) is 0 Å². The van der Waals surface area contributed by atoms with Gasteiger partial charge in [-0.25, -0.2) is 0 Å². The van der Waals surface area contributed by atoms with E-state index in [-0.39, 0.29) is 11.9 Å². The van der Waals surface area contributed by atoms with Gasteiger partial charge in [0, 0.05) is 23.7 Å². The number of methoxy groups -OCH3 is 3. The number of benzene rings is 2. The van der Waals surface area contributed by atoms with E-state index in [1.165, 1.54) is 6.42 Å². The number of hydrogen-bond donors (Lipinski definition) is 1. The normalized spacial score (nSPS) is 14.1. The third-order valence-electron chi connectivity index (χ3n) is 5.80. The van der Waals surface area contributed by atoms with Gasteiger partial charge < -0.3 is 24.3 Å². The Morgan fingerprint density at radius 3 is 2.34 bits per heavy atom. The molecule has 1 fully saturated rings. The van der Waals surface area contributed by atoms with Crippen molar-refractivity contribution in [2.75, 3.05) is 21.3 Å². The van der Waals surface area contributed by atoms with Gasteiger partial charge in [-0.1, -0.05) is 19.3 Å². The number of ether oxygens (including phenoxy) is 4. The van der Waals surface area contributed by atoms with E-state index in [1.807, 2.05) is 6.07 Å². The molecule has 2 aromatic carbocycles. The van der Waals surface area contributed by atoms with Gasteiger partial charge in [-0.3, -0.25) is 9.78 Å². The summed E-state index contributed by atoms with van der Waals surface area (Å²) in [7, 11) is 4.74. The predicted octanol–water partition coefficient (Wildman–Crippen LogP) is 5.12. The topological polar surface area (TPSA) is 78.9 Å². The van der Waals surface area contributed by atoms with E-state index in [0.29, 0.717) is 39.8 Å². The summed E-state index contributed by atoms with van der Waals surface area (Å²) in [5.41, 5.74) is 1.13. The quantitative estimate of drug-likeness (QED) is 0.554. The molecular weight excluding hydrogens is 408 g/mol. The van der Waals surface area contributed by atoms with Crippen LogP contribution in [0, 0.1) is 0 Å². The first kappa shape index (κ1) is 21.7. The van der Waals surface area contributed by atoms with Crippen molar-refractivity contribution in [3.63, 3.8) is 0 Å². The Bertz CT molecular complexity index is 1110. The molecule has 0 atom stereocenters. The Hall–Kier alpha value is -3.48. The number of aromatic nitrogens is 1. The van der Waals surface area contributed by atoms with E-state index >= 15 is 0 Å². The summed E-state index contributed by atoms with van der Waals surface area (Å²) in [5.74, 6) is 2.60. The standard InChI is InChI=1S/C25H28N2O5/c1-29-17-9-10-21(19(13-17)25(28)27-16-7-5-4-6-8-16)32-22-11-12-26-20-15-24(31-3)23(30-2)14-18(20)22/h9-16H,4-8H2,1-3H3,(H,27,28). The highest BCUT2D eigenvalue weighted by Crippen LogP contribution is 2.38. The van der Waals surface area contributed by atoms with Crippen molar-refractivity contribution in [3.05, 3.63) is 48.2 Å². The van der Waals surface area contributed by atoms with Crippen LogP contribution in [0.2, 0.25) is 0 Å². The molecular formula is C25H28N2O5. The van der Waals surface area contributed by atoms with Crippen molar-refractivity contribution in [2.24, 2.45) is 0 Å². The van der Waals surface area contributed by atoms with Crippen molar-refractivity contribution in [1.29, 1.82) is 0 Å². The summed E-state index contributed by atoms with van der Waals surface area (Å²) in [6, 6.07) is 10.8. The van der Waals surface area contributed by atoms with Gasteiger partial charge in [0.05, 0.1) is 32.4 Å². The number of hydrogen-bond acceptors (Lipinski definition) is 6. The Labute approximate surface area is 187 Å². The average Bonchev–Trinajstić information content (AvgIpc) is 2.84. The average molecular weight is 437 g/mol. The fourth-order valence-corrected chi connectivity index (χ4v) is 4.07. The van der Waals surface area contributed by atoms with Crippen LogP contribution >= 0.6 is 0 Å². The molecule has 1 aliphatic rings. The third-order valence-corrected chi connectivity index (χ3v) is 5.80. The van der Waals surface area contributed by atoms with E-state index < -0.39 is 0 Å². The number of nitrogens with one attached hydrogen (secondary N) is 1. The molecule has 0 radical (unpaired) electrons. The molecule has 168 valence electrons. The van der Waals surface area contributed by atoms with E-state index in [4.69, 9.17) is 18.9 Å². The molecule has 0 saturated heterocycles. The van der Waals surface area contributed by atoms with Crippen molar-refractivity contribution in [2.45, 2.75) is 38.1 Å². The van der Waals surface area contributed by atoms with E-state index in [9.17, 15) is 4.79 Å². The van der Waals surface area contributed by atoms with Crippen LogP contribution in [0.1, 0.15) is 42.5 Å². The highest BCUT2D eigenvalue weighted by atomic mass is 16.5. The molecule has 0 unspecified atom stereocenters. The first-order valence-corrected chi connectivity index (χ1v) is 10.8. The van der Waals surface area contributed by atoms with Crippen LogP contribution in [0.5, 0.6) is 28.7 Å². The lowest BCUT2D eigenvalue weighted by atomic mass is 9.95. The largest absolute Gasteiger partial charge is 0.497 e. The molecule has 1 saturated carbocycles. The maximum absolute atomic E-state index is 13.1. The van der Waals surface area contributed by atoms with E-state index in [1.54, 1.807) is 57.9 Å². The van der Waals surface area contributed by atoms with Crippen molar-refractivity contribution in [3.8, 4) is 28.7 Å². The van der Waals surface area contributed by atoms with Crippen LogP contribution in [0.25, 0.3) is 10.9 Å². The zero-order valence-corrected chi connectivity index (χ0v) is 18.6. The van der Waals surface area contributed by atoms with E-state index in [0.717, 1.165) is 31.1 Å². The van der Waals surface area contributed by atoms with Crippen molar-refractivity contribution >= 4 is 16.8 Å². The highest BCUT2D eigenvalue weighted by Gasteiger charge is 2.21. The van der Waals surface area contributed by atoms with Gasteiger partial charge in [0.2, 0.25) is 0 Å². The third kappa shape index (κ3) is 4.56. The molecule has 1 amide bonds. The summed E-state index contributed by atoms with van der Waals surface area (Å²) >= 11 is 0. The van der Waals surface area contributed by atoms with Crippen LogP contribution in [-0.2, 0) is 0 Å². The fourth-order valence-electron chi connectivity index (χ4n) is 4.07. The molecule has 3 aromatic rings. The molecule has 1 heterocycles. The summed E-state index contributed by atoms with van der Waals surface area (Å²) in [5, 5.41) is 3.91. The number of fused-ring (bicyclic) bond motifs is 1. The maximum atomic E-state index is 13.1. The van der Waals surface area contributed by atoms with Gasteiger partial charge in [0.25, 0.3) is 5.91 Å². The van der Waals surface area contributed by atoms with Crippen LogP contribution in [0.4, 0.5) is 0 Å². The first-order valence-electron chi connectivity index (χ1n) is 10.8. The Morgan fingerprint density at radius 1 is 0.875 bits per heavy atom. The minimum Gasteiger partial charge on any atom is -0.497 e. The number of nitrogens with zero attached hydrogens (tertiary/aromatic N) is 1. The number of amides is 1. The highest BCUT2D eigenvalue weighted by molar-refractivity contribution is 5.98. The Morgan fingerprint density at radius 2 is 1.62 bits per heavy atom. The molecule has 32 heavy (non-hydrogen) atoms. The molecule has 1 N–H and O–H groups in total. The fraction of sp³-hybridized carbons (Fsp3) is 0.360.